The van der Waals surface area contributed by atoms with Crippen LogP contribution in [0.1, 0.15) is 29.0 Å². The predicted octanol–water partition coefficient (Wildman–Crippen LogP) is 3.51. The zero-order valence-corrected chi connectivity index (χ0v) is 11.3. The van der Waals surface area contributed by atoms with Crippen LogP contribution in [0.15, 0.2) is 29.6 Å². The van der Waals surface area contributed by atoms with Crippen molar-refractivity contribution in [1.82, 2.24) is 0 Å². The number of hydrogen-bond acceptors (Lipinski definition) is 3. The molecule has 0 fully saturated rings. The highest BCUT2D eigenvalue weighted by molar-refractivity contribution is 7.10. The molecule has 4 heteroatoms. The quantitative estimate of drug-likeness (QED) is 0.918. The van der Waals surface area contributed by atoms with E-state index in [1.165, 1.54) is 18.7 Å². The van der Waals surface area contributed by atoms with Crippen LogP contribution >= 0.6 is 11.3 Å². The van der Waals surface area contributed by atoms with E-state index in [0.29, 0.717) is 0 Å². The first-order valence-electron chi connectivity index (χ1n) is 5.82. The first-order valence-corrected chi connectivity index (χ1v) is 6.70. The Morgan fingerprint density at radius 3 is 2.78 bits per heavy atom. The fourth-order valence-corrected chi connectivity index (χ4v) is 2.97. The largest absolute Gasteiger partial charge is 0.494 e. The zero-order chi connectivity index (χ0) is 13.1. The van der Waals surface area contributed by atoms with Gasteiger partial charge in [0.25, 0.3) is 0 Å². The molecule has 1 heterocycles. The van der Waals surface area contributed by atoms with E-state index in [4.69, 9.17) is 10.5 Å². The molecule has 0 aliphatic heterocycles. The van der Waals surface area contributed by atoms with Crippen molar-refractivity contribution >= 4 is 11.3 Å². The summed E-state index contributed by atoms with van der Waals surface area (Å²) in [5, 5.41) is 2.02. The SMILES string of the molecule is CCc1ccsc1C(N)c1ccc(OC)c(F)c1. The fourth-order valence-electron chi connectivity index (χ4n) is 1.94. The summed E-state index contributed by atoms with van der Waals surface area (Å²) in [4.78, 5) is 1.10. The van der Waals surface area contributed by atoms with Crippen LogP contribution in [0.5, 0.6) is 5.75 Å². The Morgan fingerprint density at radius 2 is 2.17 bits per heavy atom. The number of methoxy groups -OCH3 is 1. The van der Waals surface area contributed by atoms with Crippen molar-refractivity contribution < 1.29 is 9.13 Å². The summed E-state index contributed by atoms with van der Waals surface area (Å²) in [6.45, 7) is 2.09. The Kier molecular flexibility index (Phi) is 3.99. The lowest BCUT2D eigenvalue weighted by Gasteiger charge is -2.13. The molecule has 0 aliphatic carbocycles. The Hall–Kier alpha value is -1.39. The van der Waals surface area contributed by atoms with Gasteiger partial charge in [-0.25, -0.2) is 4.39 Å². The maximum atomic E-state index is 13.7. The van der Waals surface area contributed by atoms with Crippen LogP contribution in [-0.2, 0) is 6.42 Å². The van der Waals surface area contributed by atoms with Gasteiger partial charge < -0.3 is 10.5 Å². The molecule has 0 spiro atoms. The fraction of sp³-hybridized carbons (Fsp3) is 0.286. The van der Waals surface area contributed by atoms with Crippen LogP contribution < -0.4 is 10.5 Å². The second-order valence-electron chi connectivity index (χ2n) is 4.04. The minimum atomic E-state index is -0.375. The van der Waals surface area contributed by atoms with Gasteiger partial charge in [-0.2, -0.15) is 0 Å². The van der Waals surface area contributed by atoms with Crippen LogP contribution in [0.3, 0.4) is 0 Å². The molecule has 0 saturated heterocycles. The first kappa shape index (κ1) is 13.1. The average molecular weight is 265 g/mol. The molecule has 0 amide bonds. The topological polar surface area (TPSA) is 35.2 Å². The van der Waals surface area contributed by atoms with Crippen molar-refractivity contribution in [2.75, 3.05) is 7.11 Å². The molecule has 0 bridgehead atoms. The molecule has 2 aromatic rings. The highest BCUT2D eigenvalue weighted by atomic mass is 32.1. The van der Waals surface area contributed by atoms with E-state index in [1.54, 1.807) is 17.4 Å². The number of thiophene rings is 1. The summed E-state index contributed by atoms with van der Waals surface area (Å²) >= 11 is 1.61. The van der Waals surface area contributed by atoms with E-state index in [0.717, 1.165) is 16.9 Å². The van der Waals surface area contributed by atoms with Gasteiger partial charge in [-0.3, -0.25) is 0 Å². The lowest BCUT2D eigenvalue weighted by atomic mass is 10.0. The van der Waals surface area contributed by atoms with Gasteiger partial charge in [0, 0.05) is 4.88 Å². The number of halogens is 1. The summed E-state index contributed by atoms with van der Waals surface area (Å²) < 4.78 is 18.6. The average Bonchev–Trinajstić information content (AvgIpc) is 2.86. The van der Waals surface area contributed by atoms with Crippen LogP contribution in [0.2, 0.25) is 0 Å². The molecule has 2 rings (SSSR count). The van der Waals surface area contributed by atoms with E-state index >= 15 is 0 Å². The van der Waals surface area contributed by atoms with Gasteiger partial charge in [0.05, 0.1) is 13.2 Å². The van der Waals surface area contributed by atoms with Gasteiger partial charge in [-0.1, -0.05) is 13.0 Å². The molecule has 2 nitrogen and oxygen atoms in total. The molecule has 0 radical (unpaired) electrons. The summed E-state index contributed by atoms with van der Waals surface area (Å²) in [6, 6.07) is 6.66. The third kappa shape index (κ3) is 2.40. The van der Waals surface area contributed by atoms with Crippen molar-refractivity contribution in [3.05, 3.63) is 51.5 Å². The highest BCUT2D eigenvalue weighted by Gasteiger charge is 2.15. The van der Waals surface area contributed by atoms with Crippen molar-refractivity contribution in [1.29, 1.82) is 0 Å². The summed E-state index contributed by atoms with van der Waals surface area (Å²) in [5.74, 6) is -0.132. The minimum Gasteiger partial charge on any atom is -0.494 e. The monoisotopic (exact) mass is 265 g/mol. The van der Waals surface area contributed by atoms with Crippen molar-refractivity contribution in [3.8, 4) is 5.75 Å². The maximum absolute atomic E-state index is 13.7. The van der Waals surface area contributed by atoms with E-state index in [-0.39, 0.29) is 17.6 Å². The molecule has 0 saturated carbocycles. The van der Waals surface area contributed by atoms with Crippen molar-refractivity contribution in [2.24, 2.45) is 5.73 Å². The number of nitrogens with two attached hydrogens (primary N) is 1. The van der Waals surface area contributed by atoms with Crippen molar-refractivity contribution in [2.45, 2.75) is 19.4 Å². The van der Waals surface area contributed by atoms with E-state index in [9.17, 15) is 4.39 Å². The highest BCUT2D eigenvalue weighted by Crippen LogP contribution is 2.30. The molecule has 96 valence electrons. The van der Waals surface area contributed by atoms with Crippen LogP contribution in [0, 0.1) is 5.82 Å². The Morgan fingerprint density at radius 1 is 1.39 bits per heavy atom. The van der Waals surface area contributed by atoms with Crippen LogP contribution in [0.25, 0.3) is 0 Å². The van der Waals surface area contributed by atoms with Gasteiger partial charge >= 0.3 is 0 Å². The molecule has 0 aliphatic rings. The number of hydrogen-bond donors (Lipinski definition) is 1. The molecule has 1 unspecified atom stereocenters. The zero-order valence-electron chi connectivity index (χ0n) is 10.4. The minimum absolute atomic E-state index is 0.243. The summed E-state index contributed by atoms with van der Waals surface area (Å²) in [5.41, 5.74) is 8.20. The molecule has 18 heavy (non-hydrogen) atoms. The lowest BCUT2D eigenvalue weighted by molar-refractivity contribution is 0.386. The molecule has 2 N–H and O–H groups in total. The Bertz CT molecular complexity index is 538. The van der Waals surface area contributed by atoms with Crippen molar-refractivity contribution in [3.63, 3.8) is 0 Å². The van der Waals surface area contributed by atoms with E-state index in [1.807, 2.05) is 11.4 Å². The number of ether oxygens (including phenoxy) is 1. The summed E-state index contributed by atoms with van der Waals surface area (Å²) in [6.07, 6.45) is 0.936. The third-order valence-electron chi connectivity index (χ3n) is 2.98. The summed E-state index contributed by atoms with van der Waals surface area (Å²) in [7, 11) is 1.45. The van der Waals surface area contributed by atoms with Gasteiger partial charge in [0.1, 0.15) is 0 Å². The maximum Gasteiger partial charge on any atom is 0.165 e. The smallest absolute Gasteiger partial charge is 0.165 e. The Labute approximate surface area is 110 Å². The third-order valence-corrected chi connectivity index (χ3v) is 4.02. The number of aryl methyl sites for hydroxylation is 1. The predicted molar refractivity (Wildman–Crippen MR) is 72.7 cm³/mol. The first-order chi connectivity index (χ1) is 8.67. The second kappa shape index (κ2) is 5.50. The lowest BCUT2D eigenvalue weighted by Crippen LogP contribution is -2.12. The molecule has 1 aromatic heterocycles. The van der Waals surface area contributed by atoms with Gasteiger partial charge in [-0.15, -0.1) is 11.3 Å². The van der Waals surface area contributed by atoms with Gasteiger partial charge in [0.15, 0.2) is 11.6 Å². The Balaban J connectivity index is 2.34. The standard InChI is InChI=1S/C14H16FNOS/c1-3-9-6-7-18-14(9)13(16)10-4-5-12(17-2)11(15)8-10/h4-8,13H,3,16H2,1-2H3. The number of rotatable bonds is 4. The van der Waals surface area contributed by atoms with Gasteiger partial charge in [0.2, 0.25) is 0 Å². The van der Waals surface area contributed by atoms with Crippen LogP contribution in [0.4, 0.5) is 4.39 Å². The van der Waals surface area contributed by atoms with E-state index < -0.39 is 0 Å². The van der Waals surface area contributed by atoms with E-state index in [2.05, 4.69) is 13.0 Å². The van der Waals surface area contributed by atoms with Crippen LogP contribution in [-0.4, -0.2) is 7.11 Å². The molecule has 1 aromatic carbocycles. The molecular weight excluding hydrogens is 249 g/mol. The molecule has 1 atom stereocenters. The molecular formula is C14H16FNOS. The number of benzene rings is 1. The second-order valence-corrected chi connectivity index (χ2v) is 4.98. The normalized spacial score (nSPS) is 12.4. The van der Waals surface area contributed by atoms with Gasteiger partial charge in [-0.05, 0) is 41.1 Å².